The molecule has 0 saturated carbocycles. The monoisotopic (exact) mass is 301 g/mol. The Kier molecular flexibility index (Phi) is 5.59. The van der Waals surface area contributed by atoms with Crippen LogP contribution in [0.2, 0.25) is 5.02 Å². The van der Waals surface area contributed by atoms with Gasteiger partial charge in [0.15, 0.2) is 0 Å². The van der Waals surface area contributed by atoms with Gasteiger partial charge in [0, 0.05) is 16.4 Å². The third-order valence-corrected chi connectivity index (χ3v) is 3.14. The van der Waals surface area contributed by atoms with Crippen molar-refractivity contribution in [1.82, 2.24) is 4.57 Å². The van der Waals surface area contributed by atoms with E-state index in [2.05, 4.69) is 0 Å². The predicted molar refractivity (Wildman–Crippen MR) is 74.6 cm³/mol. The Bertz CT molecular complexity index is 713. The molecule has 4 nitrogen and oxygen atoms in total. The number of carboxylic acids is 1. The third kappa shape index (κ3) is 3.15. The van der Waals surface area contributed by atoms with Crippen molar-refractivity contribution in [3.8, 4) is 5.69 Å². The maximum Gasteiger partial charge on any atom is 1.00 e. The van der Waals surface area contributed by atoms with Gasteiger partial charge in [0.25, 0.3) is 5.56 Å². The van der Waals surface area contributed by atoms with Gasteiger partial charge in [-0.25, -0.2) is 4.79 Å². The van der Waals surface area contributed by atoms with Crippen LogP contribution >= 0.6 is 11.6 Å². The van der Waals surface area contributed by atoms with Gasteiger partial charge in [-0.1, -0.05) is 11.6 Å². The molecule has 2 rings (SSSR count). The predicted octanol–water partition coefficient (Wildman–Crippen LogP) is -0.0776. The van der Waals surface area contributed by atoms with Crippen LogP contribution in [0, 0.1) is 13.8 Å². The molecular weight excluding hydrogens is 289 g/mol. The first-order valence-electron chi connectivity index (χ1n) is 5.64. The number of benzene rings is 1. The fraction of sp³-hybridized carbons (Fsp3) is 0.143. The van der Waals surface area contributed by atoms with Gasteiger partial charge in [-0.15, -0.1) is 0 Å². The van der Waals surface area contributed by atoms with E-state index in [1.54, 1.807) is 44.2 Å². The fourth-order valence-corrected chi connectivity index (χ4v) is 2.19. The summed E-state index contributed by atoms with van der Waals surface area (Å²) in [5, 5.41) is 9.67. The zero-order chi connectivity index (χ0) is 14.2. The molecule has 100 valence electrons. The average Bonchev–Trinajstić information content (AvgIpc) is 2.30. The van der Waals surface area contributed by atoms with Crippen LogP contribution in [0.1, 0.15) is 23.0 Å². The van der Waals surface area contributed by atoms with Crippen LogP contribution in [0.15, 0.2) is 35.1 Å². The fourth-order valence-electron chi connectivity index (χ4n) is 2.06. The van der Waals surface area contributed by atoms with Gasteiger partial charge in [0.05, 0.1) is 0 Å². The Labute approximate surface area is 144 Å². The molecular formula is C14H13ClNNaO3. The van der Waals surface area contributed by atoms with Crippen LogP contribution in [-0.2, 0) is 0 Å². The van der Waals surface area contributed by atoms with Crippen molar-refractivity contribution in [2.75, 3.05) is 0 Å². The zero-order valence-corrected chi connectivity index (χ0v) is 14.2. The summed E-state index contributed by atoms with van der Waals surface area (Å²) < 4.78 is 1.37. The van der Waals surface area contributed by atoms with Crippen molar-refractivity contribution < 1.29 is 40.9 Å². The number of nitrogens with zero attached hydrogens (tertiary/aromatic N) is 1. The third-order valence-electron chi connectivity index (χ3n) is 2.89. The number of pyridine rings is 1. The van der Waals surface area contributed by atoms with Crippen molar-refractivity contribution in [2.24, 2.45) is 0 Å². The van der Waals surface area contributed by atoms with E-state index < -0.39 is 11.5 Å². The van der Waals surface area contributed by atoms with E-state index >= 15 is 0 Å². The van der Waals surface area contributed by atoms with E-state index in [-0.39, 0.29) is 36.5 Å². The maximum absolute atomic E-state index is 12.3. The molecule has 0 spiro atoms. The normalized spacial score (nSPS) is 9.95. The Morgan fingerprint density at radius 2 is 1.80 bits per heavy atom. The van der Waals surface area contributed by atoms with Crippen LogP contribution in [0.3, 0.4) is 0 Å². The van der Waals surface area contributed by atoms with Crippen molar-refractivity contribution in [2.45, 2.75) is 13.8 Å². The van der Waals surface area contributed by atoms with Gasteiger partial charge in [-0.3, -0.25) is 9.36 Å². The Hall–Kier alpha value is -1.07. The van der Waals surface area contributed by atoms with Crippen LogP contribution in [0.5, 0.6) is 0 Å². The standard InChI is InChI=1S/C14H12ClNO3.Na.H/c1-8-7-9(2)16(13(17)12(8)14(18)19)11-5-3-10(15)4-6-11;;/h3-7H,1-2H3,(H,18,19);;/q;+1;-1. The van der Waals surface area contributed by atoms with E-state index in [9.17, 15) is 9.59 Å². The van der Waals surface area contributed by atoms with Crippen LogP contribution in [0.25, 0.3) is 5.69 Å². The first-order chi connectivity index (χ1) is 8.91. The van der Waals surface area contributed by atoms with E-state index in [1.165, 1.54) is 4.57 Å². The summed E-state index contributed by atoms with van der Waals surface area (Å²) in [7, 11) is 0. The van der Waals surface area contributed by atoms with Gasteiger partial charge >= 0.3 is 35.5 Å². The number of hydrogen-bond acceptors (Lipinski definition) is 2. The number of carbonyl (C=O) groups is 1. The van der Waals surface area contributed by atoms with Crippen molar-refractivity contribution in [3.63, 3.8) is 0 Å². The van der Waals surface area contributed by atoms with Crippen LogP contribution in [0.4, 0.5) is 0 Å². The van der Waals surface area contributed by atoms with Gasteiger partial charge in [-0.05, 0) is 49.7 Å². The van der Waals surface area contributed by atoms with E-state index in [0.717, 1.165) is 0 Å². The molecule has 20 heavy (non-hydrogen) atoms. The quantitative estimate of drug-likeness (QED) is 0.790. The molecule has 0 aliphatic heterocycles. The molecule has 1 heterocycles. The van der Waals surface area contributed by atoms with Crippen molar-refractivity contribution >= 4 is 17.6 Å². The minimum absolute atomic E-state index is 0. The summed E-state index contributed by atoms with van der Waals surface area (Å²) in [5.74, 6) is -1.22. The first kappa shape index (κ1) is 17.0. The molecule has 1 N–H and O–H groups in total. The number of hydrogen-bond donors (Lipinski definition) is 1. The number of carboxylic acid groups (broad SMARTS) is 1. The number of rotatable bonds is 2. The molecule has 0 aliphatic carbocycles. The first-order valence-corrected chi connectivity index (χ1v) is 6.02. The molecule has 0 radical (unpaired) electrons. The minimum atomic E-state index is -1.22. The minimum Gasteiger partial charge on any atom is -1.00 e. The van der Waals surface area contributed by atoms with Gasteiger partial charge in [-0.2, -0.15) is 0 Å². The molecule has 1 aromatic carbocycles. The van der Waals surface area contributed by atoms with Gasteiger partial charge < -0.3 is 6.53 Å². The molecule has 6 heteroatoms. The Morgan fingerprint density at radius 1 is 1.25 bits per heavy atom. The molecule has 1 aromatic heterocycles. The second-order valence-electron chi connectivity index (χ2n) is 4.27. The smallest absolute Gasteiger partial charge is 1.00 e. The van der Waals surface area contributed by atoms with Gasteiger partial charge in [0.1, 0.15) is 5.56 Å². The van der Waals surface area contributed by atoms with Crippen molar-refractivity contribution in [1.29, 1.82) is 0 Å². The van der Waals surface area contributed by atoms with Crippen molar-refractivity contribution in [3.05, 3.63) is 62.5 Å². The molecule has 0 unspecified atom stereocenters. The van der Waals surface area contributed by atoms with Gasteiger partial charge in [0.2, 0.25) is 0 Å². The Balaban J connectivity index is 0.00000200. The molecule has 2 aromatic rings. The van der Waals surface area contributed by atoms with Crippen LogP contribution < -0.4 is 35.1 Å². The molecule has 0 atom stereocenters. The summed E-state index contributed by atoms with van der Waals surface area (Å²) in [6.45, 7) is 3.37. The molecule has 0 amide bonds. The molecule has 0 bridgehead atoms. The summed E-state index contributed by atoms with van der Waals surface area (Å²) in [5.41, 5.74) is 0.984. The number of aromatic nitrogens is 1. The topological polar surface area (TPSA) is 59.3 Å². The summed E-state index contributed by atoms with van der Waals surface area (Å²) in [6.07, 6.45) is 0. The van der Waals surface area contributed by atoms with E-state index in [0.29, 0.717) is 22.0 Å². The summed E-state index contributed by atoms with van der Waals surface area (Å²) in [4.78, 5) is 23.4. The summed E-state index contributed by atoms with van der Waals surface area (Å²) >= 11 is 5.80. The number of halogens is 1. The maximum atomic E-state index is 12.3. The second kappa shape index (κ2) is 6.59. The zero-order valence-electron chi connectivity index (χ0n) is 12.5. The SMILES string of the molecule is Cc1cc(C)n(-c2ccc(Cl)cc2)c(=O)c1C(=O)O.[H-].[Na+]. The van der Waals surface area contributed by atoms with Crippen LogP contribution in [-0.4, -0.2) is 15.6 Å². The van der Waals surface area contributed by atoms with E-state index in [1.807, 2.05) is 0 Å². The molecule has 0 fully saturated rings. The number of aryl methyl sites for hydroxylation is 2. The molecule has 0 aliphatic rings. The average molecular weight is 302 g/mol. The van der Waals surface area contributed by atoms with E-state index in [4.69, 9.17) is 16.7 Å². The summed E-state index contributed by atoms with van der Waals surface area (Å²) in [6, 6.07) is 8.35. The molecule has 0 saturated heterocycles. The largest absolute Gasteiger partial charge is 1.00 e. The Morgan fingerprint density at radius 3 is 2.30 bits per heavy atom. The second-order valence-corrected chi connectivity index (χ2v) is 4.70. The number of aromatic carboxylic acids is 1.